The molecule has 0 aromatic heterocycles. The molecular weight excluding hydrogens is 274 g/mol. The third-order valence-corrected chi connectivity index (χ3v) is 3.91. The van der Waals surface area contributed by atoms with Crippen LogP contribution in [0.1, 0.15) is 19.4 Å². The quantitative estimate of drug-likeness (QED) is 0.832. The van der Waals surface area contributed by atoms with Gasteiger partial charge in [-0.3, -0.25) is 9.80 Å². The van der Waals surface area contributed by atoms with Gasteiger partial charge in [0.15, 0.2) is 0 Å². The van der Waals surface area contributed by atoms with Crippen LogP contribution in [0, 0.1) is 0 Å². The van der Waals surface area contributed by atoms with Crippen LogP contribution in [0.2, 0.25) is 5.02 Å². The summed E-state index contributed by atoms with van der Waals surface area (Å²) in [7, 11) is 0. The second-order valence-corrected chi connectivity index (χ2v) is 6.62. The van der Waals surface area contributed by atoms with Gasteiger partial charge in [0.25, 0.3) is 0 Å². The van der Waals surface area contributed by atoms with Crippen molar-refractivity contribution >= 4 is 17.3 Å². The summed E-state index contributed by atoms with van der Waals surface area (Å²) < 4.78 is 0. The molecule has 1 saturated heterocycles. The molecule has 1 heterocycles. The molecule has 0 amide bonds. The summed E-state index contributed by atoms with van der Waals surface area (Å²) in [6.45, 7) is 9.19. The lowest BCUT2D eigenvalue weighted by atomic mass is 10.1. The fourth-order valence-corrected chi connectivity index (χ4v) is 2.79. The maximum Gasteiger partial charge on any atom is 0.0718 e. The molecule has 4 nitrogen and oxygen atoms in total. The van der Waals surface area contributed by atoms with Crippen molar-refractivity contribution in [2.75, 3.05) is 38.5 Å². The number of nitrogens with two attached hydrogens (primary N) is 1. The van der Waals surface area contributed by atoms with E-state index in [2.05, 4.69) is 9.80 Å². The first-order chi connectivity index (χ1) is 9.33. The number of piperazine rings is 1. The van der Waals surface area contributed by atoms with Gasteiger partial charge in [0.05, 0.1) is 5.60 Å². The lowest BCUT2D eigenvalue weighted by Crippen LogP contribution is -2.50. The number of aliphatic hydroxyl groups is 1. The molecule has 1 aliphatic rings. The third-order valence-electron chi connectivity index (χ3n) is 3.54. The van der Waals surface area contributed by atoms with Crippen molar-refractivity contribution in [1.82, 2.24) is 9.80 Å². The Labute approximate surface area is 126 Å². The fraction of sp³-hybridized carbons (Fsp3) is 0.600. The Kier molecular flexibility index (Phi) is 4.91. The van der Waals surface area contributed by atoms with Crippen LogP contribution in [-0.2, 0) is 6.54 Å². The van der Waals surface area contributed by atoms with E-state index in [0.29, 0.717) is 0 Å². The Bertz CT molecular complexity index is 451. The van der Waals surface area contributed by atoms with Gasteiger partial charge in [-0.25, -0.2) is 0 Å². The van der Waals surface area contributed by atoms with E-state index in [-0.39, 0.29) is 0 Å². The first-order valence-corrected chi connectivity index (χ1v) is 7.42. The maximum atomic E-state index is 9.85. The number of rotatable bonds is 4. The molecule has 0 unspecified atom stereocenters. The zero-order valence-electron chi connectivity index (χ0n) is 12.3. The van der Waals surface area contributed by atoms with Gasteiger partial charge < -0.3 is 10.8 Å². The average molecular weight is 298 g/mol. The highest BCUT2D eigenvalue weighted by atomic mass is 35.5. The lowest BCUT2D eigenvalue weighted by molar-refractivity contribution is 0.0167. The van der Waals surface area contributed by atoms with Crippen molar-refractivity contribution in [2.24, 2.45) is 0 Å². The summed E-state index contributed by atoms with van der Waals surface area (Å²) in [6.07, 6.45) is 0. The van der Waals surface area contributed by atoms with Crippen LogP contribution in [0.3, 0.4) is 0 Å². The largest absolute Gasteiger partial charge is 0.399 e. The first-order valence-electron chi connectivity index (χ1n) is 7.04. The topological polar surface area (TPSA) is 52.7 Å². The number of halogens is 1. The van der Waals surface area contributed by atoms with E-state index in [1.54, 1.807) is 0 Å². The summed E-state index contributed by atoms with van der Waals surface area (Å²) >= 11 is 6.21. The molecule has 112 valence electrons. The normalized spacial score (nSPS) is 18.4. The Morgan fingerprint density at radius 1 is 1.20 bits per heavy atom. The minimum atomic E-state index is -0.626. The van der Waals surface area contributed by atoms with E-state index < -0.39 is 5.60 Å². The first kappa shape index (κ1) is 15.6. The van der Waals surface area contributed by atoms with Crippen molar-refractivity contribution in [3.63, 3.8) is 0 Å². The van der Waals surface area contributed by atoms with Crippen LogP contribution < -0.4 is 5.73 Å². The van der Waals surface area contributed by atoms with Crippen molar-refractivity contribution < 1.29 is 5.11 Å². The van der Waals surface area contributed by atoms with E-state index in [1.807, 2.05) is 32.0 Å². The highest BCUT2D eigenvalue weighted by Crippen LogP contribution is 2.21. The number of β-amino-alcohol motifs (C(OH)–C–C–N with tert-alkyl or cyclic N) is 1. The predicted molar refractivity (Wildman–Crippen MR) is 83.9 cm³/mol. The highest BCUT2D eigenvalue weighted by Gasteiger charge is 2.22. The number of hydrogen-bond donors (Lipinski definition) is 2. The molecule has 0 bridgehead atoms. The molecule has 5 heteroatoms. The molecule has 0 saturated carbocycles. The SMILES string of the molecule is CC(C)(O)CN1CCN(Cc2cc(N)ccc2Cl)CC1. The van der Waals surface area contributed by atoms with Gasteiger partial charge in [0, 0.05) is 50.0 Å². The van der Waals surface area contributed by atoms with Crippen molar-refractivity contribution in [1.29, 1.82) is 0 Å². The van der Waals surface area contributed by atoms with Crippen LogP contribution in [0.4, 0.5) is 5.69 Å². The number of anilines is 1. The molecule has 0 radical (unpaired) electrons. The number of nitrogens with zero attached hydrogens (tertiary/aromatic N) is 2. The summed E-state index contributed by atoms with van der Waals surface area (Å²) in [5, 5.41) is 10.6. The minimum absolute atomic E-state index is 0.626. The van der Waals surface area contributed by atoms with Crippen LogP contribution >= 0.6 is 11.6 Å². The highest BCUT2D eigenvalue weighted by molar-refractivity contribution is 6.31. The maximum absolute atomic E-state index is 9.85. The molecule has 1 aromatic carbocycles. The summed E-state index contributed by atoms with van der Waals surface area (Å²) in [6, 6.07) is 5.63. The van der Waals surface area contributed by atoms with Gasteiger partial charge in [0.1, 0.15) is 0 Å². The Balaban J connectivity index is 1.87. The second kappa shape index (κ2) is 6.31. The van der Waals surface area contributed by atoms with Crippen molar-refractivity contribution in [2.45, 2.75) is 26.0 Å². The summed E-state index contributed by atoms with van der Waals surface area (Å²) in [5.41, 5.74) is 7.03. The smallest absolute Gasteiger partial charge is 0.0718 e. The minimum Gasteiger partial charge on any atom is -0.399 e. The van der Waals surface area contributed by atoms with Gasteiger partial charge >= 0.3 is 0 Å². The van der Waals surface area contributed by atoms with Crippen LogP contribution in [0.5, 0.6) is 0 Å². The van der Waals surface area contributed by atoms with Crippen molar-refractivity contribution in [3.05, 3.63) is 28.8 Å². The van der Waals surface area contributed by atoms with Gasteiger partial charge in [-0.15, -0.1) is 0 Å². The van der Waals surface area contributed by atoms with Gasteiger partial charge in [-0.1, -0.05) is 11.6 Å². The molecule has 2 rings (SSSR count). The summed E-state index contributed by atoms with van der Waals surface area (Å²) in [5.74, 6) is 0. The molecule has 1 aliphatic heterocycles. The average Bonchev–Trinajstić information content (AvgIpc) is 2.34. The zero-order valence-corrected chi connectivity index (χ0v) is 13.0. The van der Waals surface area contributed by atoms with E-state index in [0.717, 1.165) is 55.5 Å². The molecule has 1 fully saturated rings. The van der Waals surface area contributed by atoms with E-state index in [4.69, 9.17) is 17.3 Å². The Morgan fingerprint density at radius 2 is 1.80 bits per heavy atom. The number of nitrogen functional groups attached to an aromatic ring is 1. The van der Waals surface area contributed by atoms with Crippen LogP contribution in [0.15, 0.2) is 18.2 Å². The van der Waals surface area contributed by atoms with Crippen LogP contribution in [0.25, 0.3) is 0 Å². The van der Waals surface area contributed by atoms with Crippen molar-refractivity contribution in [3.8, 4) is 0 Å². The zero-order chi connectivity index (χ0) is 14.8. The molecule has 0 aliphatic carbocycles. The molecule has 0 spiro atoms. The number of hydrogen-bond acceptors (Lipinski definition) is 4. The fourth-order valence-electron chi connectivity index (χ4n) is 2.61. The Morgan fingerprint density at radius 3 is 2.40 bits per heavy atom. The summed E-state index contributed by atoms with van der Waals surface area (Å²) in [4.78, 5) is 4.68. The molecule has 20 heavy (non-hydrogen) atoms. The molecule has 1 aromatic rings. The second-order valence-electron chi connectivity index (χ2n) is 6.22. The number of benzene rings is 1. The molecular formula is C15H24ClN3O. The predicted octanol–water partition coefficient (Wildman–Crippen LogP) is 1.81. The molecule has 3 N–H and O–H groups in total. The van der Waals surface area contributed by atoms with E-state index in [9.17, 15) is 5.11 Å². The standard InChI is InChI=1S/C15H24ClN3O/c1-15(2,20)11-19-7-5-18(6-8-19)10-12-9-13(17)3-4-14(12)16/h3-4,9,20H,5-8,10-11,17H2,1-2H3. The van der Waals surface area contributed by atoms with Crippen LogP contribution in [-0.4, -0.2) is 53.2 Å². The lowest BCUT2D eigenvalue weighted by Gasteiger charge is -2.37. The van der Waals surface area contributed by atoms with Gasteiger partial charge in [0.2, 0.25) is 0 Å². The van der Waals surface area contributed by atoms with E-state index >= 15 is 0 Å². The van der Waals surface area contributed by atoms with E-state index in [1.165, 1.54) is 0 Å². The monoisotopic (exact) mass is 297 g/mol. The van der Waals surface area contributed by atoms with Gasteiger partial charge in [-0.2, -0.15) is 0 Å². The van der Waals surface area contributed by atoms with Gasteiger partial charge in [-0.05, 0) is 37.6 Å². The molecule has 0 atom stereocenters. The Hall–Kier alpha value is -0.810. The third kappa shape index (κ3) is 4.63.